The second-order valence-electron chi connectivity index (χ2n) is 29.5. The van der Waals surface area contributed by atoms with Gasteiger partial charge in [0.2, 0.25) is 0 Å². The first-order valence-electron chi connectivity index (χ1n) is 33.2. The van der Waals surface area contributed by atoms with E-state index in [0.29, 0.717) is 0 Å². The smallest absolute Gasteiger partial charge is 0.159 e. The summed E-state index contributed by atoms with van der Waals surface area (Å²) in [5.74, 6) is 1.65. The van der Waals surface area contributed by atoms with Gasteiger partial charge in [0.25, 0.3) is 0 Å². The molecule has 3 aliphatic carbocycles. The number of benzene rings is 12. The van der Waals surface area contributed by atoms with Gasteiger partial charge in [-0.3, -0.25) is 0 Å². The Kier molecular flexibility index (Phi) is 11.8. The monoisotopic (exact) mass is 1220 g/mol. The summed E-state index contributed by atoms with van der Waals surface area (Å²) < 4.78 is 22.1. The van der Waals surface area contributed by atoms with Crippen molar-refractivity contribution in [1.82, 2.24) is 0 Å². The summed E-state index contributed by atoms with van der Waals surface area (Å²) in [6.45, 7) is 23.5. The Bertz CT molecular complexity index is 5510. The molecule has 3 heterocycles. The highest BCUT2D eigenvalue weighted by atomic mass is 16.5. The number of furan rings is 2. The largest absolute Gasteiger partial charge is 0.454 e. The van der Waals surface area contributed by atoms with E-state index in [-0.39, 0.29) is 10.8 Å². The van der Waals surface area contributed by atoms with Crippen LogP contribution in [-0.2, 0) is 27.1 Å². The lowest BCUT2D eigenvalue weighted by atomic mass is 9.62. The molecule has 0 unspecified atom stereocenters. The molecule has 4 aliphatic rings. The molecule has 94 heavy (non-hydrogen) atoms. The van der Waals surface area contributed by atoms with Gasteiger partial charge in [-0.15, -0.1) is 0 Å². The number of nitrogens with zero attached hydrogens (tertiary/aromatic N) is 2. The molecule has 1 aliphatic heterocycles. The standard InChI is InChI=1S/C89H72N2O3/c1-85(2,3)53-41-45-55(46-42-53)90(72-36-23-30-61-59-27-14-20-38-76(59)92-82(61)72)74-51-70-64(80-79(74)63-29-13-16-32-66(63)87(80,7)8)49-50-65-71(89(70)67-33-17-11-25-57(67)58-26-12-18-34-68(58)89)52-75(84-81(65)88(9,10)69-35-19-22-40-78(69)94-84)91(56-47-43-54(44-48-56)86(4,5)6)73-37-24-31-62-60-28-15-21-39-77(60)93-83(62)73/h11-52H,1-10H3. The highest BCUT2D eigenvalue weighted by molar-refractivity contribution is 6.13. The van der Waals surface area contributed by atoms with Crippen LogP contribution < -0.4 is 14.5 Å². The van der Waals surface area contributed by atoms with Crippen LogP contribution in [0.1, 0.15) is 136 Å². The second-order valence-corrected chi connectivity index (χ2v) is 29.5. The highest BCUT2D eigenvalue weighted by Crippen LogP contribution is 2.67. The summed E-state index contributed by atoms with van der Waals surface area (Å²) in [6, 6.07) is 90.2. The average Bonchev–Trinajstić information content (AvgIpc) is 1.45. The van der Waals surface area contributed by atoms with E-state index >= 15 is 0 Å². The minimum absolute atomic E-state index is 0.0739. The van der Waals surface area contributed by atoms with Crippen LogP contribution in [0.15, 0.2) is 251 Å². The van der Waals surface area contributed by atoms with Crippen molar-refractivity contribution in [2.24, 2.45) is 0 Å². The first-order valence-corrected chi connectivity index (χ1v) is 33.2. The fourth-order valence-electron chi connectivity index (χ4n) is 17.0. The van der Waals surface area contributed by atoms with Gasteiger partial charge < -0.3 is 23.4 Å². The van der Waals surface area contributed by atoms with E-state index < -0.39 is 16.2 Å². The summed E-state index contributed by atoms with van der Waals surface area (Å²) in [5.41, 5.74) is 26.4. The molecule has 14 aromatic rings. The van der Waals surface area contributed by atoms with E-state index in [4.69, 9.17) is 13.6 Å². The van der Waals surface area contributed by atoms with Crippen molar-refractivity contribution in [3.05, 3.63) is 309 Å². The molecule has 12 aromatic carbocycles. The third-order valence-electron chi connectivity index (χ3n) is 21.4. The Morgan fingerprint density at radius 2 is 0.755 bits per heavy atom. The first kappa shape index (κ1) is 56.2. The summed E-state index contributed by atoms with van der Waals surface area (Å²) in [5, 5.41) is 4.28. The maximum Gasteiger partial charge on any atom is 0.159 e. The van der Waals surface area contributed by atoms with Crippen LogP contribution in [0.25, 0.3) is 78.3 Å². The van der Waals surface area contributed by atoms with E-state index in [1.165, 1.54) is 66.8 Å². The van der Waals surface area contributed by atoms with Crippen LogP contribution in [-0.4, -0.2) is 0 Å². The highest BCUT2D eigenvalue weighted by Gasteiger charge is 2.54. The summed E-state index contributed by atoms with van der Waals surface area (Å²) >= 11 is 0. The zero-order valence-electron chi connectivity index (χ0n) is 54.9. The minimum atomic E-state index is -0.965. The van der Waals surface area contributed by atoms with E-state index in [0.717, 1.165) is 112 Å². The van der Waals surface area contributed by atoms with Gasteiger partial charge in [-0.1, -0.05) is 257 Å². The van der Waals surface area contributed by atoms with E-state index in [9.17, 15) is 0 Å². The molecule has 1 spiro atoms. The van der Waals surface area contributed by atoms with Crippen molar-refractivity contribution in [3.63, 3.8) is 0 Å². The molecule has 0 bridgehead atoms. The number of fused-ring (bicyclic) bond motifs is 22. The van der Waals surface area contributed by atoms with Crippen LogP contribution in [0, 0.1) is 0 Å². The molecule has 0 atom stereocenters. The first-order chi connectivity index (χ1) is 45.4. The van der Waals surface area contributed by atoms with E-state index in [1.807, 2.05) is 0 Å². The van der Waals surface area contributed by atoms with Gasteiger partial charge in [-0.05, 0) is 150 Å². The molecule has 0 amide bonds. The SMILES string of the molecule is CC(C)(C)c1ccc(N(c2cc3c(c4c2Oc2ccccc2C4(C)C)C=Cc2c(cc(N(c4ccc(C(C)(C)C)cc4)c4cccc5c4oc4ccccc45)c4c2C(C)(C)c2ccccc2-4)C32c3ccccc3-c3ccccc32)c2cccc3c2oc2ccccc23)cc1. The second kappa shape index (κ2) is 19.7. The molecule has 0 fully saturated rings. The summed E-state index contributed by atoms with van der Waals surface area (Å²) in [6.07, 6.45) is 4.98. The number of ether oxygens (including phenoxy) is 1. The Balaban J connectivity index is 1.03. The van der Waals surface area contributed by atoms with E-state index in [1.54, 1.807) is 0 Å². The summed E-state index contributed by atoms with van der Waals surface area (Å²) in [7, 11) is 0. The molecule has 0 saturated heterocycles. The maximum atomic E-state index is 7.75. The van der Waals surface area contributed by atoms with Crippen molar-refractivity contribution < 1.29 is 13.6 Å². The molecule has 456 valence electrons. The van der Waals surface area contributed by atoms with Crippen molar-refractivity contribution in [2.45, 2.75) is 96.3 Å². The number of hydrogen-bond acceptors (Lipinski definition) is 5. The number of hydrogen-bond donors (Lipinski definition) is 0. The van der Waals surface area contributed by atoms with Crippen molar-refractivity contribution in [1.29, 1.82) is 0 Å². The number of anilines is 6. The Labute approximate surface area is 549 Å². The van der Waals surface area contributed by atoms with Gasteiger partial charge >= 0.3 is 0 Å². The predicted octanol–water partition coefficient (Wildman–Crippen LogP) is 24.6. The lowest BCUT2D eigenvalue weighted by Crippen LogP contribution is -2.34. The molecular weight excluding hydrogens is 1140 g/mol. The third-order valence-corrected chi connectivity index (χ3v) is 21.4. The number of rotatable bonds is 6. The zero-order chi connectivity index (χ0) is 63.9. The van der Waals surface area contributed by atoms with Crippen molar-refractivity contribution >= 4 is 90.2 Å². The lowest BCUT2D eigenvalue weighted by Gasteiger charge is -2.43. The van der Waals surface area contributed by atoms with Crippen LogP contribution in [0.5, 0.6) is 11.5 Å². The van der Waals surface area contributed by atoms with Crippen molar-refractivity contribution in [2.75, 3.05) is 9.80 Å². The molecule has 0 saturated carbocycles. The quantitative estimate of drug-likeness (QED) is 0.166. The molecule has 0 N–H and O–H groups in total. The third kappa shape index (κ3) is 7.76. The lowest BCUT2D eigenvalue weighted by molar-refractivity contribution is 0.418. The van der Waals surface area contributed by atoms with Crippen LogP contribution in [0.2, 0.25) is 0 Å². The van der Waals surface area contributed by atoms with Gasteiger partial charge in [0.15, 0.2) is 16.9 Å². The molecule has 5 nitrogen and oxygen atoms in total. The maximum absolute atomic E-state index is 7.75. The Morgan fingerprint density at radius 1 is 0.340 bits per heavy atom. The Morgan fingerprint density at radius 3 is 1.29 bits per heavy atom. The fourth-order valence-corrected chi connectivity index (χ4v) is 17.0. The molecule has 0 radical (unpaired) electrons. The van der Waals surface area contributed by atoms with Gasteiger partial charge in [-0.2, -0.15) is 0 Å². The van der Waals surface area contributed by atoms with E-state index in [2.05, 4.69) is 334 Å². The van der Waals surface area contributed by atoms with Crippen molar-refractivity contribution in [3.8, 4) is 33.8 Å². The average molecular weight is 1220 g/mol. The van der Waals surface area contributed by atoms with Crippen LogP contribution >= 0.6 is 0 Å². The molecular formula is C89H72N2O3. The van der Waals surface area contributed by atoms with Gasteiger partial charge in [-0.25, -0.2) is 0 Å². The summed E-state index contributed by atoms with van der Waals surface area (Å²) in [4.78, 5) is 4.98. The van der Waals surface area contributed by atoms with Gasteiger partial charge in [0.1, 0.15) is 16.9 Å². The number of para-hydroxylation sites is 5. The zero-order valence-corrected chi connectivity index (χ0v) is 54.9. The Hall–Kier alpha value is -10.6. The van der Waals surface area contributed by atoms with Crippen LogP contribution in [0.4, 0.5) is 34.1 Å². The molecule has 18 rings (SSSR count). The van der Waals surface area contributed by atoms with Gasteiger partial charge in [0, 0.05) is 60.4 Å². The van der Waals surface area contributed by atoms with Gasteiger partial charge in [0.05, 0.1) is 28.2 Å². The molecule has 2 aromatic heterocycles. The predicted molar refractivity (Wildman–Crippen MR) is 390 cm³/mol. The molecule has 5 heteroatoms. The topological polar surface area (TPSA) is 42.0 Å². The fraction of sp³-hybridized carbons (Fsp3) is 0.169. The normalized spacial score (nSPS) is 15.0. The van der Waals surface area contributed by atoms with Crippen LogP contribution in [0.3, 0.4) is 0 Å². The minimum Gasteiger partial charge on any atom is -0.454 e.